The Labute approximate surface area is 114 Å². The summed E-state index contributed by atoms with van der Waals surface area (Å²) < 4.78 is 2.09. The lowest BCUT2D eigenvalue weighted by Crippen LogP contribution is -2.22. The molecule has 2 atom stereocenters. The second kappa shape index (κ2) is 6.04. The summed E-state index contributed by atoms with van der Waals surface area (Å²) in [5.74, 6) is 0.555. The lowest BCUT2D eigenvalue weighted by atomic mass is 10.0. The van der Waals surface area contributed by atoms with Crippen molar-refractivity contribution in [1.29, 1.82) is 0 Å². The maximum Gasteiger partial charge on any atom is 0.0820 e. The van der Waals surface area contributed by atoms with E-state index in [4.69, 9.17) is 11.6 Å². The van der Waals surface area contributed by atoms with Crippen molar-refractivity contribution in [3.8, 4) is 0 Å². The van der Waals surface area contributed by atoms with E-state index in [1.54, 1.807) is 6.20 Å². The van der Waals surface area contributed by atoms with Gasteiger partial charge in [-0.15, -0.1) is 0 Å². The monoisotopic (exact) mass is 270 g/mol. The summed E-state index contributed by atoms with van der Waals surface area (Å²) in [4.78, 5) is 2.17. The van der Waals surface area contributed by atoms with Crippen molar-refractivity contribution in [3.05, 3.63) is 16.9 Å². The molecule has 2 unspecified atom stereocenters. The molecule has 18 heavy (non-hydrogen) atoms. The summed E-state index contributed by atoms with van der Waals surface area (Å²) in [6.07, 6.45) is 5.40. The smallest absolute Gasteiger partial charge is 0.0820 e. The minimum atomic E-state index is 0.555. The van der Waals surface area contributed by atoms with Crippen molar-refractivity contribution in [3.63, 3.8) is 0 Å². The molecular weight excluding hydrogens is 248 g/mol. The molecule has 1 aromatic rings. The van der Waals surface area contributed by atoms with Crippen molar-refractivity contribution < 1.29 is 0 Å². The van der Waals surface area contributed by atoms with Crippen LogP contribution in [0.1, 0.15) is 30.9 Å². The fourth-order valence-corrected chi connectivity index (χ4v) is 3.04. The quantitative estimate of drug-likeness (QED) is 0.888. The van der Waals surface area contributed by atoms with Crippen molar-refractivity contribution in [1.82, 2.24) is 20.0 Å². The van der Waals surface area contributed by atoms with Gasteiger partial charge in [-0.05, 0) is 40.4 Å². The van der Waals surface area contributed by atoms with Crippen LogP contribution in [0.15, 0.2) is 6.20 Å². The first kappa shape index (κ1) is 13.8. The van der Waals surface area contributed by atoms with Crippen LogP contribution in [0.3, 0.4) is 0 Å². The van der Waals surface area contributed by atoms with Gasteiger partial charge >= 0.3 is 0 Å². The fraction of sp³-hybridized carbons (Fsp3) is 0.769. The first-order valence-electron chi connectivity index (χ1n) is 6.65. The number of aromatic nitrogens is 2. The van der Waals surface area contributed by atoms with E-state index in [1.807, 2.05) is 7.05 Å². The predicted octanol–water partition coefficient (Wildman–Crippen LogP) is 1.95. The topological polar surface area (TPSA) is 33.1 Å². The molecule has 0 aliphatic heterocycles. The highest BCUT2D eigenvalue weighted by molar-refractivity contribution is 6.31. The minimum absolute atomic E-state index is 0.555. The maximum absolute atomic E-state index is 6.31. The average Bonchev–Trinajstić information content (AvgIpc) is 2.92. The van der Waals surface area contributed by atoms with Crippen LogP contribution in [-0.4, -0.2) is 48.4 Å². The molecule has 5 heteroatoms. The van der Waals surface area contributed by atoms with E-state index in [0.717, 1.165) is 18.1 Å². The summed E-state index contributed by atoms with van der Waals surface area (Å²) in [5, 5.41) is 8.61. The molecule has 1 aliphatic carbocycles. The van der Waals surface area contributed by atoms with Crippen molar-refractivity contribution in [2.45, 2.75) is 37.8 Å². The number of hydrogen-bond acceptors (Lipinski definition) is 3. The van der Waals surface area contributed by atoms with Gasteiger partial charge in [-0.3, -0.25) is 4.68 Å². The van der Waals surface area contributed by atoms with Crippen LogP contribution in [0, 0.1) is 0 Å². The largest absolute Gasteiger partial charge is 0.317 e. The van der Waals surface area contributed by atoms with Gasteiger partial charge in [-0.2, -0.15) is 5.10 Å². The first-order valence-corrected chi connectivity index (χ1v) is 7.02. The molecule has 1 heterocycles. The Balaban J connectivity index is 2.09. The van der Waals surface area contributed by atoms with Gasteiger partial charge < -0.3 is 10.2 Å². The van der Waals surface area contributed by atoms with Crippen LogP contribution in [0.4, 0.5) is 0 Å². The second-order valence-corrected chi connectivity index (χ2v) is 5.81. The van der Waals surface area contributed by atoms with Gasteiger partial charge in [0.25, 0.3) is 0 Å². The summed E-state index contributed by atoms with van der Waals surface area (Å²) in [6, 6.07) is 0.628. The maximum atomic E-state index is 6.31. The van der Waals surface area contributed by atoms with Gasteiger partial charge in [-0.25, -0.2) is 0 Å². The zero-order valence-electron chi connectivity index (χ0n) is 11.5. The molecule has 0 spiro atoms. The molecule has 4 nitrogen and oxygen atoms in total. The fourth-order valence-electron chi connectivity index (χ4n) is 2.74. The van der Waals surface area contributed by atoms with E-state index in [2.05, 4.69) is 34.1 Å². The predicted molar refractivity (Wildman–Crippen MR) is 75.2 cm³/mol. The second-order valence-electron chi connectivity index (χ2n) is 5.40. The minimum Gasteiger partial charge on any atom is -0.317 e. The van der Waals surface area contributed by atoms with E-state index in [1.165, 1.54) is 25.0 Å². The van der Waals surface area contributed by atoms with E-state index >= 15 is 0 Å². The lowest BCUT2D eigenvalue weighted by Gasteiger charge is -2.16. The Kier molecular flexibility index (Phi) is 4.65. The van der Waals surface area contributed by atoms with E-state index in [9.17, 15) is 0 Å². The summed E-state index contributed by atoms with van der Waals surface area (Å²) in [5.41, 5.74) is 1.23. The molecule has 2 rings (SSSR count). The molecule has 0 saturated heterocycles. The average molecular weight is 271 g/mol. The molecule has 1 saturated carbocycles. The van der Waals surface area contributed by atoms with Crippen LogP contribution >= 0.6 is 11.6 Å². The molecule has 1 N–H and O–H groups in total. The highest BCUT2D eigenvalue weighted by Crippen LogP contribution is 2.37. The molecule has 0 amide bonds. The number of halogens is 1. The molecule has 1 aromatic heterocycles. The molecule has 1 fully saturated rings. The Morgan fingerprint density at radius 1 is 1.50 bits per heavy atom. The Morgan fingerprint density at radius 2 is 2.28 bits per heavy atom. The first-order chi connectivity index (χ1) is 8.61. The van der Waals surface area contributed by atoms with Gasteiger partial charge in [0.2, 0.25) is 0 Å². The standard InChI is InChI=1S/C13H23ClN4/c1-15-11-5-4-10(8-11)13-12(14)9-16-18(13)7-6-17(2)3/h9-11,15H,4-8H2,1-3H3. The lowest BCUT2D eigenvalue weighted by molar-refractivity contribution is 0.366. The number of likely N-dealkylation sites (N-methyl/N-ethyl adjacent to an activating group) is 1. The summed E-state index contributed by atoms with van der Waals surface area (Å²) in [7, 11) is 6.20. The van der Waals surface area contributed by atoms with Gasteiger partial charge in [0, 0.05) is 18.5 Å². The van der Waals surface area contributed by atoms with Crippen molar-refractivity contribution in [2.75, 3.05) is 27.7 Å². The Morgan fingerprint density at radius 3 is 2.89 bits per heavy atom. The molecule has 102 valence electrons. The third-order valence-electron chi connectivity index (χ3n) is 3.82. The third-order valence-corrected chi connectivity index (χ3v) is 4.11. The van der Waals surface area contributed by atoms with E-state index < -0.39 is 0 Å². The zero-order chi connectivity index (χ0) is 13.1. The van der Waals surface area contributed by atoms with E-state index in [-0.39, 0.29) is 0 Å². The van der Waals surface area contributed by atoms with Crippen LogP contribution in [0.25, 0.3) is 0 Å². The molecule has 1 aliphatic rings. The van der Waals surface area contributed by atoms with Crippen LogP contribution in [-0.2, 0) is 6.54 Å². The van der Waals surface area contributed by atoms with Crippen molar-refractivity contribution in [2.24, 2.45) is 0 Å². The summed E-state index contributed by atoms with van der Waals surface area (Å²) >= 11 is 6.31. The number of rotatable bonds is 5. The van der Waals surface area contributed by atoms with Crippen LogP contribution < -0.4 is 5.32 Å². The third kappa shape index (κ3) is 3.05. The SMILES string of the molecule is CNC1CCC(c2c(Cl)cnn2CCN(C)C)C1. The van der Waals surface area contributed by atoms with Gasteiger partial charge in [0.05, 0.1) is 23.5 Å². The number of hydrogen-bond donors (Lipinski definition) is 1. The molecule has 0 bridgehead atoms. The number of nitrogens with zero attached hydrogens (tertiary/aromatic N) is 3. The molecule has 0 radical (unpaired) electrons. The highest BCUT2D eigenvalue weighted by Gasteiger charge is 2.29. The van der Waals surface area contributed by atoms with Crippen molar-refractivity contribution >= 4 is 11.6 Å². The zero-order valence-corrected chi connectivity index (χ0v) is 12.2. The van der Waals surface area contributed by atoms with Gasteiger partial charge in [0.15, 0.2) is 0 Å². The van der Waals surface area contributed by atoms with Gasteiger partial charge in [-0.1, -0.05) is 11.6 Å². The van der Waals surface area contributed by atoms with E-state index in [0.29, 0.717) is 12.0 Å². The highest BCUT2D eigenvalue weighted by atomic mass is 35.5. The van der Waals surface area contributed by atoms with Crippen LogP contribution in [0.2, 0.25) is 5.02 Å². The Bertz CT molecular complexity index is 388. The molecular formula is C13H23ClN4. The molecule has 0 aromatic carbocycles. The Hall–Kier alpha value is -0.580. The summed E-state index contributed by atoms with van der Waals surface area (Å²) in [6.45, 7) is 1.91. The number of nitrogens with one attached hydrogen (secondary N) is 1. The normalized spacial score (nSPS) is 24.1. The van der Waals surface area contributed by atoms with Crippen LogP contribution in [0.5, 0.6) is 0 Å². The van der Waals surface area contributed by atoms with Gasteiger partial charge in [0.1, 0.15) is 0 Å².